The Bertz CT molecular complexity index is 667. The highest BCUT2D eigenvalue weighted by atomic mass is 32.2. The Morgan fingerprint density at radius 2 is 2.09 bits per heavy atom. The van der Waals surface area contributed by atoms with Crippen molar-refractivity contribution in [1.29, 1.82) is 0 Å². The minimum absolute atomic E-state index is 0.0266. The molecule has 0 bridgehead atoms. The molecule has 0 spiro atoms. The van der Waals surface area contributed by atoms with E-state index in [0.717, 1.165) is 22.2 Å². The van der Waals surface area contributed by atoms with E-state index in [1.807, 2.05) is 6.92 Å². The number of aryl methyl sites for hydroxylation is 1. The van der Waals surface area contributed by atoms with E-state index in [-0.39, 0.29) is 18.5 Å². The summed E-state index contributed by atoms with van der Waals surface area (Å²) in [6.07, 6.45) is 1.64. The van der Waals surface area contributed by atoms with Gasteiger partial charge in [0.15, 0.2) is 0 Å². The molecule has 2 rings (SSSR count). The average Bonchev–Trinajstić information content (AvgIpc) is 3.20. The van der Waals surface area contributed by atoms with Crippen LogP contribution in [0.5, 0.6) is 0 Å². The van der Waals surface area contributed by atoms with Crippen molar-refractivity contribution in [2.75, 3.05) is 7.05 Å². The molecule has 1 aliphatic rings. The number of aromatic nitrogens is 1. The Hall–Kier alpha value is -1.03. The molecule has 7 nitrogen and oxygen atoms in total. The number of aliphatic carboxylic acids is 1. The maximum Gasteiger partial charge on any atom is 0.322 e. The molecule has 1 N–H and O–H groups in total. The fourth-order valence-electron chi connectivity index (χ4n) is 2.50. The zero-order valence-corrected chi connectivity index (χ0v) is 15.4. The second-order valence-corrected chi connectivity index (χ2v) is 9.19. The number of hydrogen-bond donors (Lipinski definition) is 1. The molecule has 1 aliphatic carbocycles. The first-order valence-corrected chi connectivity index (χ1v) is 9.81. The van der Waals surface area contributed by atoms with Crippen LogP contribution >= 0.6 is 11.3 Å². The summed E-state index contributed by atoms with van der Waals surface area (Å²) >= 11 is 1.42. The van der Waals surface area contributed by atoms with Gasteiger partial charge in [0, 0.05) is 18.5 Å². The van der Waals surface area contributed by atoms with E-state index in [4.69, 9.17) is 0 Å². The van der Waals surface area contributed by atoms with Crippen molar-refractivity contribution in [3.05, 3.63) is 16.1 Å². The smallest absolute Gasteiger partial charge is 0.322 e. The quantitative estimate of drug-likeness (QED) is 0.761. The molecule has 130 valence electrons. The van der Waals surface area contributed by atoms with Crippen molar-refractivity contribution in [3.63, 3.8) is 0 Å². The zero-order chi connectivity index (χ0) is 17.4. The molecule has 0 aliphatic heterocycles. The van der Waals surface area contributed by atoms with Gasteiger partial charge >= 0.3 is 5.97 Å². The Kier molecular flexibility index (Phi) is 5.44. The highest BCUT2D eigenvalue weighted by molar-refractivity contribution is 7.86. The summed E-state index contributed by atoms with van der Waals surface area (Å²) < 4.78 is 28.2. The number of rotatable bonds is 8. The Labute approximate surface area is 141 Å². The van der Waals surface area contributed by atoms with E-state index < -0.39 is 22.2 Å². The molecule has 0 radical (unpaired) electrons. The number of hydrogen-bond acceptors (Lipinski definition) is 5. The van der Waals surface area contributed by atoms with Crippen LogP contribution in [-0.2, 0) is 21.5 Å². The highest BCUT2D eigenvalue weighted by Gasteiger charge is 2.43. The lowest BCUT2D eigenvalue weighted by atomic mass is 10.0. The van der Waals surface area contributed by atoms with Crippen LogP contribution in [0.15, 0.2) is 5.38 Å². The molecule has 1 heterocycles. The van der Waals surface area contributed by atoms with Crippen molar-refractivity contribution < 1.29 is 18.3 Å². The molecule has 1 fully saturated rings. The van der Waals surface area contributed by atoms with Gasteiger partial charge in [-0.2, -0.15) is 17.0 Å². The lowest BCUT2D eigenvalue weighted by Crippen LogP contribution is -2.52. The van der Waals surface area contributed by atoms with Gasteiger partial charge in [-0.3, -0.25) is 4.79 Å². The van der Waals surface area contributed by atoms with Crippen LogP contribution in [0.25, 0.3) is 0 Å². The fraction of sp³-hybridized carbons (Fsp3) is 0.714. The van der Waals surface area contributed by atoms with Crippen LogP contribution in [0.3, 0.4) is 0 Å². The Balaban J connectivity index is 2.38. The van der Waals surface area contributed by atoms with Crippen LogP contribution < -0.4 is 0 Å². The van der Waals surface area contributed by atoms with E-state index in [9.17, 15) is 18.3 Å². The van der Waals surface area contributed by atoms with Gasteiger partial charge in [0.25, 0.3) is 10.2 Å². The molecule has 0 amide bonds. The third-order valence-electron chi connectivity index (χ3n) is 3.90. The third-order valence-corrected chi connectivity index (χ3v) is 6.70. The molecule has 0 saturated heterocycles. The number of carboxylic acid groups (broad SMARTS) is 1. The van der Waals surface area contributed by atoms with Gasteiger partial charge in [-0.15, -0.1) is 11.3 Å². The predicted molar refractivity (Wildman–Crippen MR) is 88.4 cm³/mol. The van der Waals surface area contributed by atoms with Crippen molar-refractivity contribution in [1.82, 2.24) is 13.6 Å². The molecular weight excluding hydrogens is 338 g/mol. The molecule has 1 unspecified atom stereocenters. The van der Waals surface area contributed by atoms with Gasteiger partial charge in [0.1, 0.15) is 6.04 Å². The van der Waals surface area contributed by atoms with Gasteiger partial charge in [0.2, 0.25) is 0 Å². The zero-order valence-electron chi connectivity index (χ0n) is 13.8. The summed E-state index contributed by atoms with van der Waals surface area (Å²) in [4.78, 5) is 16.0. The summed E-state index contributed by atoms with van der Waals surface area (Å²) in [7, 11) is -2.35. The first kappa shape index (κ1) is 18.3. The van der Waals surface area contributed by atoms with Crippen molar-refractivity contribution >= 4 is 27.5 Å². The molecule has 1 aromatic rings. The molecular formula is C14H23N3O4S2. The second kappa shape index (κ2) is 6.84. The first-order valence-electron chi connectivity index (χ1n) is 7.53. The van der Waals surface area contributed by atoms with E-state index in [1.165, 1.54) is 22.7 Å². The van der Waals surface area contributed by atoms with Crippen LogP contribution in [0, 0.1) is 12.8 Å². The van der Waals surface area contributed by atoms with Crippen LogP contribution in [-0.4, -0.2) is 52.2 Å². The summed E-state index contributed by atoms with van der Waals surface area (Å²) in [6.45, 7) is 5.23. The van der Waals surface area contributed by atoms with Crippen LogP contribution in [0.1, 0.15) is 37.4 Å². The van der Waals surface area contributed by atoms with Gasteiger partial charge in [-0.05, 0) is 25.7 Å². The summed E-state index contributed by atoms with van der Waals surface area (Å²) in [6, 6.07) is -1.15. The van der Waals surface area contributed by atoms with E-state index in [2.05, 4.69) is 4.98 Å². The van der Waals surface area contributed by atoms with Crippen LogP contribution in [0.4, 0.5) is 0 Å². The fourth-order valence-corrected chi connectivity index (χ4v) is 4.94. The second-order valence-electron chi connectivity index (χ2n) is 6.19. The third kappa shape index (κ3) is 4.09. The minimum atomic E-state index is -3.87. The highest BCUT2D eigenvalue weighted by Crippen LogP contribution is 2.31. The summed E-state index contributed by atoms with van der Waals surface area (Å²) in [5.74, 6) is -1.49. The standard InChI is InChI=1S/C14H23N3O4S2/c1-9(2)13(14(18)19)17(7-11-8-22-10(3)15-11)23(20,21)16(4)12-5-6-12/h8-9,12-13H,5-7H2,1-4H3,(H,18,19). The number of carbonyl (C=O) groups is 1. The average molecular weight is 361 g/mol. The first-order chi connectivity index (χ1) is 10.6. The number of nitrogens with zero attached hydrogens (tertiary/aromatic N) is 3. The van der Waals surface area contributed by atoms with E-state index >= 15 is 0 Å². The molecule has 1 aromatic heterocycles. The molecule has 9 heteroatoms. The van der Waals surface area contributed by atoms with E-state index in [1.54, 1.807) is 19.2 Å². The number of thiazole rings is 1. The summed E-state index contributed by atoms with van der Waals surface area (Å²) in [5.41, 5.74) is 0.576. The maximum absolute atomic E-state index is 12.9. The molecule has 0 aromatic carbocycles. The normalized spacial score (nSPS) is 17.2. The SMILES string of the molecule is Cc1nc(CN(C(C(=O)O)C(C)C)S(=O)(=O)N(C)C2CC2)cs1. The topological polar surface area (TPSA) is 90.8 Å². The van der Waals surface area contributed by atoms with Crippen molar-refractivity contribution in [3.8, 4) is 0 Å². The van der Waals surface area contributed by atoms with Crippen LogP contribution in [0.2, 0.25) is 0 Å². The lowest BCUT2D eigenvalue weighted by molar-refractivity contribution is -0.143. The summed E-state index contributed by atoms with van der Waals surface area (Å²) in [5, 5.41) is 12.1. The van der Waals surface area contributed by atoms with E-state index in [0.29, 0.717) is 5.69 Å². The lowest BCUT2D eigenvalue weighted by Gasteiger charge is -2.33. The maximum atomic E-state index is 12.9. The predicted octanol–water partition coefficient (Wildman–Crippen LogP) is 1.70. The molecule has 1 atom stereocenters. The number of carboxylic acids is 1. The molecule has 1 saturated carbocycles. The Morgan fingerprint density at radius 1 is 1.48 bits per heavy atom. The van der Waals surface area contributed by atoms with Gasteiger partial charge < -0.3 is 5.11 Å². The van der Waals surface area contributed by atoms with Gasteiger partial charge in [-0.1, -0.05) is 13.8 Å². The molecule has 23 heavy (non-hydrogen) atoms. The van der Waals surface area contributed by atoms with Gasteiger partial charge in [0.05, 0.1) is 17.2 Å². The monoisotopic (exact) mass is 361 g/mol. The Morgan fingerprint density at radius 3 is 2.48 bits per heavy atom. The van der Waals surface area contributed by atoms with Crippen molar-refractivity contribution in [2.24, 2.45) is 5.92 Å². The minimum Gasteiger partial charge on any atom is -0.480 e. The largest absolute Gasteiger partial charge is 0.480 e. The van der Waals surface area contributed by atoms with Gasteiger partial charge in [-0.25, -0.2) is 4.98 Å². The van der Waals surface area contributed by atoms with Crippen molar-refractivity contribution in [2.45, 2.75) is 52.2 Å².